The number of carbonyl (C=O) groups excluding carboxylic acids is 2. The molecule has 2 N–H and O–H groups in total. The molecule has 0 radical (unpaired) electrons. The summed E-state index contributed by atoms with van der Waals surface area (Å²) in [6, 6.07) is 0. The predicted molar refractivity (Wildman–Crippen MR) is 81.6 cm³/mol. The van der Waals surface area contributed by atoms with Crippen molar-refractivity contribution >= 4 is 34.8 Å². The average Bonchev–Trinajstić information content (AvgIpc) is 3.07. The molecule has 3 rings (SSSR count). The molecule has 2 atom stereocenters. The van der Waals surface area contributed by atoms with Crippen LogP contribution in [0.4, 0.5) is 5.82 Å². The third-order valence-corrected chi connectivity index (χ3v) is 4.92. The van der Waals surface area contributed by atoms with E-state index in [0.717, 1.165) is 19.3 Å². The number of hydrogen-bond donors (Lipinski definition) is 1. The van der Waals surface area contributed by atoms with Crippen molar-refractivity contribution in [3.8, 4) is 0 Å². The maximum atomic E-state index is 12.7. The van der Waals surface area contributed by atoms with Crippen LogP contribution in [0, 0.1) is 17.8 Å². The van der Waals surface area contributed by atoms with Crippen molar-refractivity contribution in [3.05, 3.63) is 11.8 Å². The fourth-order valence-corrected chi connectivity index (χ4v) is 3.69. The summed E-state index contributed by atoms with van der Waals surface area (Å²) in [5, 5.41) is 4.08. The number of imide groups is 1. The van der Waals surface area contributed by atoms with Gasteiger partial charge in [0.1, 0.15) is 4.99 Å². The number of amides is 2. The lowest BCUT2D eigenvalue weighted by Gasteiger charge is -2.18. The third-order valence-electron chi connectivity index (χ3n) is 4.70. The van der Waals surface area contributed by atoms with Crippen LogP contribution in [0.5, 0.6) is 0 Å². The molecular weight excluding hydrogens is 288 g/mol. The van der Waals surface area contributed by atoms with Gasteiger partial charge < -0.3 is 5.73 Å². The molecule has 2 amide bonds. The second-order valence-corrected chi connectivity index (χ2v) is 6.28. The van der Waals surface area contributed by atoms with Gasteiger partial charge in [-0.05, 0) is 18.8 Å². The van der Waals surface area contributed by atoms with Gasteiger partial charge in [0.2, 0.25) is 11.8 Å². The number of nitrogens with two attached hydrogens (primary N) is 1. The molecule has 21 heavy (non-hydrogen) atoms. The number of rotatable bonds is 3. The monoisotopic (exact) mass is 306 g/mol. The Morgan fingerprint density at radius 2 is 1.95 bits per heavy atom. The number of hydrogen-bond acceptors (Lipinski definition) is 4. The van der Waals surface area contributed by atoms with Crippen LogP contribution < -0.4 is 10.6 Å². The summed E-state index contributed by atoms with van der Waals surface area (Å²) in [5.74, 6) is 0.203. The normalized spacial score (nSPS) is 28.3. The number of aromatic nitrogens is 2. The van der Waals surface area contributed by atoms with Gasteiger partial charge in [-0.2, -0.15) is 5.10 Å². The van der Waals surface area contributed by atoms with E-state index in [1.165, 1.54) is 15.8 Å². The molecule has 2 aliphatic rings. The molecule has 7 heteroatoms. The molecule has 0 spiro atoms. The van der Waals surface area contributed by atoms with E-state index in [4.69, 9.17) is 18.0 Å². The smallest absolute Gasteiger partial charge is 0.238 e. The quantitative estimate of drug-likeness (QED) is 0.665. The van der Waals surface area contributed by atoms with Crippen LogP contribution >= 0.6 is 12.2 Å². The van der Waals surface area contributed by atoms with Gasteiger partial charge in [-0.25, -0.2) is 4.90 Å². The first kappa shape index (κ1) is 14.2. The third kappa shape index (κ3) is 1.98. The minimum atomic E-state index is -0.198. The Morgan fingerprint density at radius 1 is 1.38 bits per heavy atom. The van der Waals surface area contributed by atoms with E-state index in [1.54, 1.807) is 7.05 Å². The second-order valence-electron chi connectivity index (χ2n) is 5.84. The number of nitrogens with zero attached hydrogens (tertiary/aromatic N) is 3. The Labute approximate surface area is 128 Å². The number of anilines is 1. The van der Waals surface area contributed by atoms with E-state index in [9.17, 15) is 9.59 Å². The van der Waals surface area contributed by atoms with Gasteiger partial charge in [-0.1, -0.05) is 25.6 Å². The molecule has 1 saturated heterocycles. The Morgan fingerprint density at radius 3 is 2.43 bits per heavy atom. The summed E-state index contributed by atoms with van der Waals surface area (Å²) in [4.78, 5) is 26.7. The lowest BCUT2D eigenvalue weighted by molar-refractivity contribution is -0.123. The zero-order chi connectivity index (χ0) is 15.3. The van der Waals surface area contributed by atoms with E-state index in [1.807, 2.05) is 0 Å². The van der Waals surface area contributed by atoms with Crippen molar-refractivity contribution in [1.29, 1.82) is 0 Å². The standard InChI is InChI=1S/C14H18N4O2S/c1-3-7-4-8-9(5-7)14(20)18(13(8)19)12-10(11(15)21)6-16-17(12)2/h6-9H,3-5H2,1-2H3,(H2,15,21). The highest BCUT2D eigenvalue weighted by molar-refractivity contribution is 7.80. The molecule has 1 aromatic heterocycles. The maximum absolute atomic E-state index is 12.7. The zero-order valence-corrected chi connectivity index (χ0v) is 12.9. The summed E-state index contributed by atoms with van der Waals surface area (Å²) >= 11 is 4.99. The highest BCUT2D eigenvalue weighted by atomic mass is 32.1. The minimum absolute atomic E-state index is 0.137. The summed E-state index contributed by atoms with van der Waals surface area (Å²) in [5.41, 5.74) is 6.15. The molecular formula is C14H18N4O2S. The van der Waals surface area contributed by atoms with E-state index in [-0.39, 0.29) is 28.6 Å². The highest BCUT2D eigenvalue weighted by Gasteiger charge is 2.53. The van der Waals surface area contributed by atoms with Gasteiger partial charge >= 0.3 is 0 Å². The van der Waals surface area contributed by atoms with Gasteiger partial charge in [-0.3, -0.25) is 14.3 Å². The van der Waals surface area contributed by atoms with Gasteiger partial charge in [0.05, 0.1) is 23.6 Å². The number of thiocarbonyl (C=S) groups is 1. The van der Waals surface area contributed by atoms with Crippen LogP contribution in [0.3, 0.4) is 0 Å². The SMILES string of the molecule is CCC1CC2C(=O)N(c3c(C(N)=S)cnn3C)C(=O)C2C1. The van der Waals surface area contributed by atoms with E-state index in [2.05, 4.69) is 12.0 Å². The van der Waals surface area contributed by atoms with Crippen molar-refractivity contribution in [3.63, 3.8) is 0 Å². The molecule has 1 aliphatic heterocycles. The molecule has 1 aromatic rings. The molecule has 1 aliphatic carbocycles. The maximum Gasteiger partial charge on any atom is 0.238 e. The first-order valence-corrected chi connectivity index (χ1v) is 7.56. The van der Waals surface area contributed by atoms with Crippen molar-refractivity contribution in [2.75, 3.05) is 4.90 Å². The van der Waals surface area contributed by atoms with Crippen molar-refractivity contribution in [2.24, 2.45) is 30.5 Å². The van der Waals surface area contributed by atoms with Crippen LogP contribution in [0.2, 0.25) is 0 Å². The molecule has 0 bridgehead atoms. The van der Waals surface area contributed by atoms with Gasteiger partial charge in [0.25, 0.3) is 0 Å². The molecule has 2 heterocycles. The van der Waals surface area contributed by atoms with Crippen LogP contribution in [-0.2, 0) is 16.6 Å². The van der Waals surface area contributed by atoms with Crippen LogP contribution in [0.25, 0.3) is 0 Å². The summed E-state index contributed by atoms with van der Waals surface area (Å²) < 4.78 is 1.49. The Kier molecular flexibility index (Phi) is 3.32. The van der Waals surface area contributed by atoms with Crippen LogP contribution in [-0.4, -0.2) is 26.6 Å². The van der Waals surface area contributed by atoms with Crippen LogP contribution in [0.1, 0.15) is 31.7 Å². The molecule has 6 nitrogen and oxygen atoms in total. The molecule has 2 fully saturated rings. The summed E-state index contributed by atoms with van der Waals surface area (Å²) in [6.45, 7) is 2.10. The van der Waals surface area contributed by atoms with E-state index < -0.39 is 0 Å². The fourth-order valence-electron chi connectivity index (χ4n) is 3.54. The summed E-state index contributed by atoms with van der Waals surface area (Å²) in [7, 11) is 1.68. The van der Waals surface area contributed by atoms with E-state index >= 15 is 0 Å². The molecule has 2 unspecified atom stereocenters. The average molecular weight is 306 g/mol. The molecule has 1 saturated carbocycles. The van der Waals surface area contributed by atoms with E-state index in [0.29, 0.717) is 17.3 Å². The second kappa shape index (κ2) is 4.91. The van der Waals surface area contributed by atoms with Crippen molar-refractivity contribution in [2.45, 2.75) is 26.2 Å². The minimum Gasteiger partial charge on any atom is -0.389 e. The van der Waals surface area contributed by atoms with Crippen molar-refractivity contribution in [1.82, 2.24) is 9.78 Å². The molecule has 0 aromatic carbocycles. The Bertz CT molecular complexity index is 615. The Hall–Kier alpha value is -1.76. The Balaban J connectivity index is 1.99. The topological polar surface area (TPSA) is 81.2 Å². The zero-order valence-electron chi connectivity index (χ0n) is 12.1. The fraction of sp³-hybridized carbons (Fsp3) is 0.571. The highest BCUT2D eigenvalue weighted by Crippen LogP contribution is 2.45. The first-order chi connectivity index (χ1) is 9.95. The number of carbonyl (C=O) groups is 2. The van der Waals surface area contributed by atoms with Crippen LogP contribution in [0.15, 0.2) is 6.20 Å². The molecule has 112 valence electrons. The summed E-state index contributed by atoms with van der Waals surface area (Å²) in [6.07, 6.45) is 4.10. The lowest BCUT2D eigenvalue weighted by Crippen LogP contribution is -2.35. The lowest BCUT2D eigenvalue weighted by atomic mass is 10.00. The predicted octanol–water partition coefficient (Wildman–Crippen LogP) is 0.980. The number of fused-ring (bicyclic) bond motifs is 1. The van der Waals surface area contributed by atoms with Gasteiger partial charge in [0.15, 0.2) is 5.82 Å². The largest absolute Gasteiger partial charge is 0.389 e. The van der Waals surface area contributed by atoms with Gasteiger partial charge in [0, 0.05) is 7.05 Å². The van der Waals surface area contributed by atoms with Gasteiger partial charge in [-0.15, -0.1) is 0 Å². The first-order valence-electron chi connectivity index (χ1n) is 7.15. The number of aryl methyl sites for hydroxylation is 1. The van der Waals surface area contributed by atoms with Crippen molar-refractivity contribution < 1.29 is 9.59 Å².